The van der Waals surface area contributed by atoms with Gasteiger partial charge in [0.05, 0.1) is 12.1 Å². The molecule has 0 N–H and O–H groups in total. The summed E-state index contributed by atoms with van der Waals surface area (Å²) in [6.07, 6.45) is 2.95. The summed E-state index contributed by atoms with van der Waals surface area (Å²) in [6.45, 7) is 8.31. The summed E-state index contributed by atoms with van der Waals surface area (Å²) >= 11 is 5.94. The smallest absolute Gasteiger partial charge is 0.147 e. The number of imidazole rings is 1. The predicted molar refractivity (Wildman–Crippen MR) is 89.4 cm³/mol. The van der Waals surface area contributed by atoms with Crippen molar-refractivity contribution in [2.45, 2.75) is 46.6 Å². The number of rotatable bonds is 8. The summed E-state index contributed by atoms with van der Waals surface area (Å²) in [6, 6.07) is 6.18. The lowest BCUT2D eigenvalue weighted by molar-refractivity contribution is 0.320. The average Bonchev–Trinajstić information content (AvgIpc) is 2.84. The minimum Gasteiger partial charge on any atom is -0.491 e. The van der Waals surface area contributed by atoms with Crippen LogP contribution in [-0.4, -0.2) is 22.0 Å². The Hall–Kier alpha value is -1.22. The van der Waals surface area contributed by atoms with E-state index < -0.39 is 0 Å². The van der Waals surface area contributed by atoms with E-state index in [0.29, 0.717) is 11.8 Å². The van der Waals surface area contributed by atoms with Gasteiger partial charge in [0.25, 0.3) is 0 Å². The third kappa shape index (κ3) is 3.70. The van der Waals surface area contributed by atoms with Crippen LogP contribution >= 0.6 is 11.6 Å². The number of para-hydroxylation sites is 1. The van der Waals surface area contributed by atoms with Gasteiger partial charge in [0.1, 0.15) is 17.1 Å². The molecule has 1 aromatic carbocycles. The fourth-order valence-electron chi connectivity index (χ4n) is 2.42. The van der Waals surface area contributed by atoms with E-state index >= 15 is 0 Å². The quantitative estimate of drug-likeness (QED) is 0.664. The first-order valence-electron chi connectivity index (χ1n) is 7.88. The number of aryl methyl sites for hydroxylation is 1. The molecule has 0 saturated heterocycles. The maximum Gasteiger partial charge on any atom is 0.147 e. The fraction of sp³-hybridized carbons (Fsp3) is 0.588. The molecule has 1 atom stereocenters. The highest BCUT2D eigenvalue weighted by Crippen LogP contribution is 2.27. The fourth-order valence-corrected chi connectivity index (χ4v) is 2.59. The highest BCUT2D eigenvalue weighted by atomic mass is 35.5. The molecule has 2 aromatic rings. The van der Waals surface area contributed by atoms with Crippen molar-refractivity contribution in [1.29, 1.82) is 0 Å². The van der Waals surface area contributed by atoms with E-state index in [2.05, 4.69) is 31.4 Å². The molecular formula is C17H25ClN2O. The van der Waals surface area contributed by atoms with Crippen LogP contribution in [-0.2, 0) is 13.0 Å². The number of hydrogen-bond donors (Lipinski definition) is 0. The summed E-state index contributed by atoms with van der Waals surface area (Å²) < 4.78 is 8.15. The molecule has 0 radical (unpaired) electrons. The number of hydrogen-bond acceptors (Lipinski definition) is 2. The highest BCUT2D eigenvalue weighted by molar-refractivity contribution is 6.17. The SMILES string of the molecule is CCCOc1cccc2c1nc(CCCl)n2CC(C)CC. The molecule has 0 bridgehead atoms. The topological polar surface area (TPSA) is 27.1 Å². The standard InChI is InChI=1S/C17H25ClN2O/c1-4-11-21-15-8-6-7-14-17(15)19-16(9-10-18)20(14)12-13(3)5-2/h6-8,13H,4-5,9-12H2,1-3H3. The Balaban J connectivity index is 2.45. The monoisotopic (exact) mass is 308 g/mol. The summed E-state index contributed by atoms with van der Waals surface area (Å²) in [5.74, 6) is 3.16. The number of fused-ring (bicyclic) bond motifs is 1. The molecule has 0 saturated carbocycles. The van der Waals surface area contributed by atoms with Crippen molar-refractivity contribution in [2.24, 2.45) is 5.92 Å². The van der Waals surface area contributed by atoms with Gasteiger partial charge in [-0.05, 0) is 24.5 Å². The number of ether oxygens (including phenoxy) is 1. The Kier molecular flexibility index (Phi) is 5.92. The molecule has 21 heavy (non-hydrogen) atoms. The van der Waals surface area contributed by atoms with Crippen molar-refractivity contribution in [3.63, 3.8) is 0 Å². The summed E-state index contributed by atoms with van der Waals surface area (Å²) in [7, 11) is 0. The van der Waals surface area contributed by atoms with Crippen molar-refractivity contribution in [1.82, 2.24) is 9.55 Å². The molecule has 0 amide bonds. The van der Waals surface area contributed by atoms with E-state index in [9.17, 15) is 0 Å². The van der Waals surface area contributed by atoms with E-state index in [-0.39, 0.29) is 0 Å². The first-order chi connectivity index (χ1) is 10.2. The highest BCUT2D eigenvalue weighted by Gasteiger charge is 2.15. The Bertz CT molecular complexity index is 579. The minimum atomic E-state index is 0.592. The molecule has 1 heterocycles. The van der Waals surface area contributed by atoms with Crippen LogP contribution < -0.4 is 4.74 Å². The first-order valence-corrected chi connectivity index (χ1v) is 8.41. The van der Waals surface area contributed by atoms with Crippen LogP contribution in [0.2, 0.25) is 0 Å². The van der Waals surface area contributed by atoms with Crippen LogP contribution in [0.4, 0.5) is 0 Å². The molecule has 0 aliphatic rings. The zero-order chi connectivity index (χ0) is 15.2. The number of aromatic nitrogens is 2. The minimum absolute atomic E-state index is 0.592. The molecule has 0 aliphatic heterocycles. The van der Waals surface area contributed by atoms with Crippen molar-refractivity contribution in [3.8, 4) is 5.75 Å². The summed E-state index contributed by atoms with van der Waals surface area (Å²) in [5.41, 5.74) is 2.12. The van der Waals surface area contributed by atoms with Gasteiger partial charge >= 0.3 is 0 Å². The molecule has 0 spiro atoms. The second kappa shape index (κ2) is 7.69. The summed E-state index contributed by atoms with van der Waals surface area (Å²) in [4.78, 5) is 4.80. The van der Waals surface area contributed by atoms with Crippen LogP contribution in [0, 0.1) is 5.92 Å². The van der Waals surface area contributed by atoms with Gasteiger partial charge in [-0.25, -0.2) is 4.98 Å². The van der Waals surface area contributed by atoms with Gasteiger partial charge in [-0.2, -0.15) is 0 Å². The maximum absolute atomic E-state index is 5.94. The van der Waals surface area contributed by atoms with Crippen molar-refractivity contribution >= 4 is 22.6 Å². The second-order valence-electron chi connectivity index (χ2n) is 5.56. The van der Waals surface area contributed by atoms with E-state index in [1.165, 1.54) is 0 Å². The van der Waals surface area contributed by atoms with Gasteiger partial charge in [0.2, 0.25) is 0 Å². The van der Waals surface area contributed by atoms with Crippen LogP contribution in [0.15, 0.2) is 18.2 Å². The third-order valence-electron chi connectivity index (χ3n) is 3.79. The van der Waals surface area contributed by atoms with Gasteiger partial charge in [0, 0.05) is 18.8 Å². The summed E-state index contributed by atoms with van der Waals surface area (Å²) in [5, 5.41) is 0. The van der Waals surface area contributed by atoms with E-state index in [1.54, 1.807) is 0 Å². The lowest BCUT2D eigenvalue weighted by Crippen LogP contribution is -2.10. The average molecular weight is 309 g/mol. The van der Waals surface area contributed by atoms with Crippen molar-refractivity contribution in [3.05, 3.63) is 24.0 Å². The molecule has 116 valence electrons. The van der Waals surface area contributed by atoms with E-state index in [4.69, 9.17) is 21.3 Å². The third-order valence-corrected chi connectivity index (χ3v) is 3.98. The van der Waals surface area contributed by atoms with Crippen LogP contribution in [0.25, 0.3) is 11.0 Å². The molecular weight excluding hydrogens is 284 g/mol. The first kappa shape index (κ1) is 16.2. The molecule has 3 nitrogen and oxygen atoms in total. The Morgan fingerprint density at radius 3 is 2.81 bits per heavy atom. The molecule has 2 rings (SSSR count). The predicted octanol–water partition coefficient (Wildman–Crippen LogP) is 4.65. The second-order valence-corrected chi connectivity index (χ2v) is 5.94. The zero-order valence-corrected chi connectivity index (χ0v) is 14.0. The lowest BCUT2D eigenvalue weighted by atomic mass is 10.1. The largest absolute Gasteiger partial charge is 0.491 e. The van der Waals surface area contributed by atoms with Gasteiger partial charge in [-0.3, -0.25) is 0 Å². The maximum atomic E-state index is 5.94. The van der Waals surface area contributed by atoms with Gasteiger partial charge in [-0.1, -0.05) is 33.3 Å². The number of benzene rings is 1. The van der Waals surface area contributed by atoms with Crippen molar-refractivity contribution in [2.75, 3.05) is 12.5 Å². The number of halogens is 1. The van der Waals surface area contributed by atoms with Gasteiger partial charge in [-0.15, -0.1) is 11.6 Å². The van der Waals surface area contributed by atoms with Crippen LogP contribution in [0.1, 0.15) is 39.4 Å². The van der Waals surface area contributed by atoms with Gasteiger partial charge in [0.15, 0.2) is 0 Å². The Morgan fingerprint density at radius 1 is 1.33 bits per heavy atom. The van der Waals surface area contributed by atoms with Crippen LogP contribution in [0.5, 0.6) is 5.75 Å². The molecule has 0 fully saturated rings. The molecule has 0 aliphatic carbocycles. The van der Waals surface area contributed by atoms with Gasteiger partial charge < -0.3 is 9.30 Å². The lowest BCUT2D eigenvalue weighted by Gasteiger charge is -2.13. The Morgan fingerprint density at radius 2 is 2.14 bits per heavy atom. The van der Waals surface area contributed by atoms with E-state index in [0.717, 1.165) is 55.0 Å². The number of nitrogens with zero attached hydrogens (tertiary/aromatic N) is 2. The molecule has 4 heteroatoms. The number of alkyl halides is 1. The molecule has 1 aromatic heterocycles. The zero-order valence-electron chi connectivity index (χ0n) is 13.2. The van der Waals surface area contributed by atoms with E-state index in [1.807, 2.05) is 12.1 Å². The normalized spacial score (nSPS) is 12.8. The van der Waals surface area contributed by atoms with Crippen LogP contribution in [0.3, 0.4) is 0 Å². The Labute approximate surface area is 132 Å². The van der Waals surface area contributed by atoms with Crippen molar-refractivity contribution < 1.29 is 4.74 Å². The molecule has 1 unspecified atom stereocenters.